The van der Waals surface area contributed by atoms with Crippen LogP contribution in [0.4, 0.5) is 4.39 Å². The standard InChI is InChI=1S/C16H13FO3/c17-14-3-1-2-13(15(14)16(18)19)10-4-6-11(7-5-10)20-12-8-9-12/h1-7,12H,8-9H2,(H,18,19). The van der Waals surface area contributed by atoms with Gasteiger partial charge in [-0.05, 0) is 42.2 Å². The highest BCUT2D eigenvalue weighted by Gasteiger charge is 2.23. The van der Waals surface area contributed by atoms with Crippen LogP contribution in [0.1, 0.15) is 23.2 Å². The summed E-state index contributed by atoms with van der Waals surface area (Å²) in [6.45, 7) is 0. The lowest BCUT2D eigenvalue weighted by atomic mass is 9.99. The summed E-state index contributed by atoms with van der Waals surface area (Å²) in [5.74, 6) is -1.24. The molecule has 1 saturated carbocycles. The zero-order chi connectivity index (χ0) is 14.1. The Balaban J connectivity index is 1.95. The summed E-state index contributed by atoms with van der Waals surface area (Å²) >= 11 is 0. The topological polar surface area (TPSA) is 46.5 Å². The van der Waals surface area contributed by atoms with Gasteiger partial charge in [0.15, 0.2) is 0 Å². The van der Waals surface area contributed by atoms with E-state index in [0.717, 1.165) is 24.7 Å². The minimum atomic E-state index is -1.27. The fourth-order valence-electron chi connectivity index (χ4n) is 2.07. The first-order valence-corrected chi connectivity index (χ1v) is 6.44. The molecule has 102 valence electrons. The van der Waals surface area contributed by atoms with E-state index in [4.69, 9.17) is 9.84 Å². The lowest BCUT2D eigenvalue weighted by Gasteiger charge is -2.09. The van der Waals surface area contributed by atoms with Crippen molar-refractivity contribution in [2.75, 3.05) is 0 Å². The molecular formula is C16H13FO3. The molecular weight excluding hydrogens is 259 g/mol. The molecule has 0 unspecified atom stereocenters. The summed E-state index contributed by atoms with van der Waals surface area (Å²) < 4.78 is 19.3. The monoisotopic (exact) mass is 272 g/mol. The molecule has 2 aromatic carbocycles. The molecule has 0 radical (unpaired) electrons. The van der Waals surface area contributed by atoms with Crippen LogP contribution >= 0.6 is 0 Å². The first kappa shape index (κ1) is 12.7. The minimum absolute atomic E-state index is 0.302. The van der Waals surface area contributed by atoms with Crippen molar-refractivity contribution < 1.29 is 19.0 Å². The fourth-order valence-corrected chi connectivity index (χ4v) is 2.07. The van der Waals surface area contributed by atoms with E-state index in [1.807, 2.05) is 0 Å². The van der Waals surface area contributed by atoms with Crippen LogP contribution < -0.4 is 4.74 Å². The number of carboxylic acid groups (broad SMARTS) is 1. The largest absolute Gasteiger partial charge is 0.490 e. The molecule has 0 heterocycles. The number of hydrogen-bond acceptors (Lipinski definition) is 2. The molecule has 0 bridgehead atoms. The minimum Gasteiger partial charge on any atom is -0.490 e. The van der Waals surface area contributed by atoms with Crippen LogP contribution in [0.25, 0.3) is 11.1 Å². The van der Waals surface area contributed by atoms with Crippen molar-refractivity contribution in [3.8, 4) is 16.9 Å². The Morgan fingerprint density at radius 1 is 1.15 bits per heavy atom. The third kappa shape index (κ3) is 2.50. The molecule has 3 rings (SSSR count). The van der Waals surface area contributed by atoms with Crippen LogP contribution in [0.2, 0.25) is 0 Å². The third-order valence-electron chi connectivity index (χ3n) is 3.22. The Hall–Kier alpha value is -2.36. The second kappa shape index (κ2) is 4.96. The van der Waals surface area contributed by atoms with Gasteiger partial charge >= 0.3 is 5.97 Å². The zero-order valence-corrected chi connectivity index (χ0v) is 10.7. The van der Waals surface area contributed by atoms with Crippen LogP contribution in [0, 0.1) is 5.82 Å². The van der Waals surface area contributed by atoms with Crippen LogP contribution in [0.15, 0.2) is 42.5 Å². The average Bonchev–Trinajstić information content (AvgIpc) is 3.23. The maximum absolute atomic E-state index is 13.6. The van der Waals surface area contributed by atoms with Gasteiger partial charge in [-0.1, -0.05) is 24.3 Å². The average molecular weight is 272 g/mol. The van der Waals surface area contributed by atoms with Crippen molar-refractivity contribution in [2.24, 2.45) is 0 Å². The van der Waals surface area contributed by atoms with Gasteiger partial charge in [0.25, 0.3) is 0 Å². The van der Waals surface area contributed by atoms with Gasteiger partial charge in [-0.25, -0.2) is 9.18 Å². The van der Waals surface area contributed by atoms with E-state index in [1.54, 1.807) is 30.3 Å². The van der Waals surface area contributed by atoms with E-state index in [0.29, 0.717) is 17.2 Å². The van der Waals surface area contributed by atoms with Gasteiger partial charge in [0, 0.05) is 0 Å². The van der Waals surface area contributed by atoms with Gasteiger partial charge in [0.2, 0.25) is 0 Å². The summed E-state index contributed by atoms with van der Waals surface area (Å²) in [7, 11) is 0. The molecule has 20 heavy (non-hydrogen) atoms. The Labute approximate surface area is 115 Å². The molecule has 4 heteroatoms. The van der Waals surface area contributed by atoms with E-state index in [9.17, 15) is 9.18 Å². The highest BCUT2D eigenvalue weighted by Crippen LogP contribution is 2.30. The molecule has 0 saturated heterocycles. The van der Waals surface area contributed by atoms with Crippen molar-refractivity contribution in [1.82, 2.24) is 0 Å². The molecule has 0 aromatic heterocycles. The van der Waals surface area contributed by atoms with Gasteiger partial charge in [-0.2, -0.15) is 0 Å². The summed E-state index contributed by atoms with van der Waals surface area (Å²) in [6.07, 6.45) is 2.47. The summed E-state index contributed by atoms with van der Waals surface area (Å²) in [5, 5.41) is 9.12. The predicted octanol–water partition coefficient (Wildman–Crippen LogP) is 3.73. The predicted molar refractivity (Wildman–Crippen MR) is 72.4 cm³/mol. The number of ether oxygens (including phenoxy) is 1. The van der Waals surface area contributed by atoms with Crippen molar-refractivity contribution in [2.45, 2.75) is 18.9 Å². The Morgan fingerprint density at radius 2 is 1.85 bits per heavy atom. The SMILES string of the molecule is O=C(O)c1c(F)cccc1-c1ccc(OC2CC2)cc1. The van der Waals surface area contributed by atoms with Gasteiger partial charge in [0.05, 0.1) is 6.10 Å². The van der Waals surface area contributed by atoms with Crippen LogP contribution in [-0.4, -0.2) is 17.2 Å². The highest BCUT2D eigenvalue weighted by atomic mass is 19.1. The molecule has 1 N–H and O–H groups in total. The number of hydrogen-bond donors (Lipinski definition) is 1. The second-order valence-corrected chi connectivity index (χ2v) is 4.81. The summed E-state index contributed by atoms with van der Waals surface area (Å²) in [5.41, 5.74) is 0.726. The number of rotatable bonds is 4. The molecule has 0 amide bonds. The van der Waals surface area contributed by atoms with Crippen molar-refractivity contribution in [1.29, 1.82) is 0 Å². The zero-order valence-electron chi connectivity index (χ0n) is 10.7. The maximum Gasteiger partial charge on any atom is 0.339 e. The number of benzene rings is 2. The van der Waals surface area contributed by atoms with E-state index in [1.165, 1.54) is 6.07 Å². The Morgan fingerprint density at radius 3 is 2.45 bits per heavy atom. The van der Waals surface area contributed by atoms with Crippen LogP contribution in [0.5, 0.6) is 5.75 Å². The number of aromatic carboxylic acids is 1. The molecule has 2 aromatic rings. The van der Waals surface area contributed by atoms with Crippen LogP contribution in [-0.2, 0) is 0 Å². The summed E-state index contributed by atoms with van der Waals surface area (Å²) in [4.78, 5) is 11.2. The highest BCUT2D eigenvalue weighted by molar-refractivity contribution is 5.96. The fraction of sp³-hybridized carbons (Fsp3) is 0.188. The molecule has 1 fully saturated rings. The molecule has 3 nitrogen and oxygen atoms in total. The Kier molecular flexibility index (Phi) is 3.14. The van der Waals surface area contributed by atoms with E-state index in [2.05, 4.69) is 0 Å². The second-order valence-electron chi connectivity index (χ2n) is 4.81. The smallest absolute Gasteiger partial charge is 0.339 e. The van der Waals surface area contributed by atoms with E-state index in [-0.39, 0.29) is 5.56 Å². The van der Waals surface area contributed by atoms with Gasteiger partial charge in [0.1, 0.15) is 17.1 Å². The lowest BCUT2D eigenvalue weighted by molar-refractivity contribution is 0.0693. The normalized spacial score (nSPS) is 14.1. The van der Waals surface area contributed by atoms with Gasteiger partial charge < -0.3 is 9.84 Å². The van der Waals surface area contributed by atoms with Gasteiger partial charge in [-0.15, -0.1) is 0 Å². The molecule has 0 aliphatic heterocycles. The molecule has 0 atom stereocenters. The Bertz CT molecular complexity index is 645. The number of carbonyl (C=O) groups is 1. The van der Waals surface area contributed by atoms with Crippen molar-refractivity contribution in [3.05, 3.63) is 53.8 Å². The van der Waals surface area contributed by atoms with Crippen molar-refractivity contribution >= 4 is 5.97 Å². The molecule has 1 aliphatic carbocycles. The number of carboxylic acids is 1. The summed E-state index contributed by atoms with van der Waals surface area (Å²) in [6, 6.07) is 11.3. The lowest BCUT2D eigenvalue weighted by Crippen LogP contribution is -2.03. The quantitative estimate of drug-likeness (QED) is 0.922. The molecule has 0 spiro atoms. The van der Waals surface area contributed by atoms with Gasteiger partial charge in [-0.3, -0.25) is 0 Å². The molecule has 1 aliphatic rings. The maximum atomic E-state index is 13.6. The first-order valence-electron chi connectivity index (χ1n) is 6.44. The van der Waals surface area contributed by atoms with E-state index < -0.39 is 11.8 Å². The number of halogens is 1. The first-order chi connectivity index (χ1) is 9.65. The van der Waals surface area contributed by atoms with Crippen molar-refractivity contribution in [3.63, 3.8) is 0 Å². The van der Waals surface area contributed by atoms with E-state index >= 15 is 0 Å². The third-order valence-corrected chi connectivity index (χ3v) is 3.22. The van der Waals surface area contributed by atoms with Crippen LogP contribution in [0.3, 0.4) is 0 Å².